The Kier molecular flexibility index (Phi) is 2.17. The number of carbonyl (C=O) groups excluding carboxylic acids is 1. The first-order valence-corrected chi connectivity index (χ1v) is 3.70. The molecule has 3 nitrogen and oxygen atoms in total. The number of carbonyl (C=O) groups is 1. The van der Waals surface area contributed by atoms with Crippen LogP contribution in [0.25, 0.3) is 0 Å². The summed E-state index contributed by atoms with van der Waals surface area (Å²) in [5, 5.41) is 0. The molecule has 0 aromatic carbocycles. The molecular weight excluding hydrogens is 142 g/mol. The average Bonchev–Trinajstić information content (AvgIpc) is 2.30. The van der Waals surface area contributed by atoms with Gasteiger partial charge in [0.05, 0.1) is 13.7 Å². The Balaban J connectivity index is 2.62. The molecule has 0 spiro atoms. The summed E-state index contributed by atoms with van der Waals surface area (Å²) in [6.45, 7) is 4.60. The van der Waals surface area contributed by atoms with Crippen molar-refractivity contribution < 1.29 is 9.53 Å². The summed E-state index contributed by atoms with van der Waals surface area (Å²) in [5.41, 5.74) is 0. The maximum atomic E-state index is 11.2. The number of methoxy groups -OCH3 is 1. The minimum absolute atomic E-state index is 0.0526. The number of rotatable bonds is 2. The molecule has 1 rings (SSSR count). The van der Waals surface area contributed by atoms with Crippen LogP contribution in [0.1, 0.15) is 13.8 Å². The van der Waals surface area contributed by atoms with Gasteiger partial charge < -0.3 is 9.64 Å². The van der Waals surface area contributed by atoms with Crippen LogP contribution in [0.15, 0.2) is 11.8 Å². The minimum Gasteiger partial charge on any atom is -0.499 e. The van der Waals surface area contributed by atoms with Gasteiger partial charge in [-0.2, -0.15) is 0 Å². The molecule has 0 radical (unpaired) electrons. The zero-order chi connectivity index (χ0) is 8.43. The van der Waals surface area contributed by atoms with Gasteiger partial charge in [0, 0.05) is 12.1 Å². The van der Waals surface area contributed by atoms with E-state index in [1.807, 2.05) is 13.8 Å². The van der Waals surface area contributed by atoms with E-state index in [0.717, 1.165) is 5.76 Å². The van der Waals surface area contributed by atoms with Crippen molar-refractivity contribution in [2.24, 2.45) is 0 Å². The first-order valence-electron chi connectivity index (χ1n) is 3.70. The van der Waals surface area contributed by atoms with Gasteiger partial charge >= 0.3 is 0 Å². The molecule has 1 aliphatic rings. The Hall–Kier alpha value is -0.990. The molecule has 0 saturated heterocycles. The van der Waals surface area contributed by atoms with E-state index >= 15 is 0 Å². The van der Waals surface area contributed by atoms with Gasteiger partial charge in [-0.1, -0.05) is 0 Å². The van der Waals surface area contributed by atoms with E-state index < -0.39 is 0 Å². The number of hydrogen-bond donors (Lipinski definition) is 0. The topological polar surface area (TPSA) is 29.5 Å². The van der Waals surface area contributed by atoms with Crippen molar-refractivity contribution in [1.82, 2.24) is 4.90 Å². The van der Waals surface area contributed by atoms with E-state index in [0.29, 0.717) is 6.54 Å². The SMILES string of the molecule is COC1=CC(=O)N(C(C)C)C1. The third-order valence-electron chi connectivity index (χ3n) is 1.78. The zero-order valence-electron chi connectivity index (χ0n) is 7.13. The van der Waals surface area contributed by atoms with Gasteiger partial charge in [-0.3, -0.25) is 4.79 Å². The van der Waals surface area contributed by atoms with Gasteiger partial charge in [0.2, 0.25) is 0 Å². The summed E-state index contributed by atoms with van der Waals surface area (Å²) in [4.78, 5) is 12.9. The first kappa shape index (κ1) is 8.11. The summed E-state index contributed by atoms with van der Waals surface area (Å²) in [6.07, 6.45) is 1.54. The van der Waals surface area contributed by atoms with Crippen molar-refractivity contribution in [3.05, 3.63) is 11.8 Å². The highest BCUT2D eigenvalue weighted by Gasteiger charge is 2.23. The highest BCUT2D eigenvalue weighted by Crippen LogP contribution is 2.13. The lowest BCUT2D eigenvalue weighted by Crippen LogP contribution is -2.32. The molecule has 11 heavy (non-hydrogen) atoms. The highest BCUT2D eigenvalue weighted by molar-refractivity contribution is 5.90. The van der Waals surface area contributed by atoms with Crippen molar-refractivity contribution in [2.75, 3.05) is 13.7 Å². The van der Waals surface area contributed by atoms with E-state index in [1.54, 1.807) is 18.1 Å². The van der Waals surface area contributed by atoms with Gasteiger partial charge in [-0.05, 0) is 13.8 Å². The van der Waals surface area contributed by atoms with E-state index in [1.165, 1.54) is 0 Å². The van der Waals surface area contributed by atoms with Gasteiger partial charge in [0.25, 0.3) is 5.91 Å². The van der Waals surface area contributed by atoms with Crippen LogP contribution in [0, 0.1) is 0 Å². The van der Waals surface area contributed by atoms with Crippen LogP contribution >= 0.6 is 0 Å². The molecule has 0 bridgehead atoms. The molecule has 0 atom stereocenters. The van der Waals surface area contributed by atoms with Crippen molar-refractivity contribution in [3.63, 3.8) is 0 Å². The van der Waals surface area contributed by atoms with Crippen molar-refractivity contribution >= 4 is 5.91 Å². The van der Waals surface area contributed by atoms with Crippen molar-refractivity contribution in [2.45, 2.75) is 19.9 Å². The molecule has 1 aliphatic heterocycles. The first-order chi connectivity index (χ1) is 5.15. The molecule has 0 aliphatic carbocycles. The zero-order valence-corrected chi connectivity index (χ0v) is 7.13. The van der Waals surface area contributed by atoms with Crippen molar-refractivity contribution in [1.29, 1.82) is 0 Å². The lowest BCUT2D eigenvalue weighted by atomic mass is 10.3. The standard InChI is InChI=1S/C8H13NO2/c1-6(2)9-5-7(11-3)4-8(9)10/h4,6H,5H2,1-3H3. The second-order valence-corrected chi connectivity index (χ2v) is 2.87. The fourth-order valence-corrected chi connectivity index (χ4v) is 1.07. The summed E-state index contributed by atoms with van der Waals surface area (Å²) in [7, 11) is 1.59. The highest BCUT2D eigenvalue weighted by atomic mass is 16.5. The van der Waals surface area contributed by atoms with Crippen LogP contribution in [0.2, 0.25) is 0 Å². The molecule has 3 heteroatoms. The van der Waals surface area contributed by atoms with Crippen LogP contribution in [0.4, 0.5) is 0 Å². The smallest absolute Gasteiger partial charge is 0.250 e. The van der Waals surface area contributed by atoms with E-state index in [2.05, 4.69) is 0 Å². The normalized spacial score (nSPS) is 17.6. The minimum atomic E-state index is 0.0526. The number of nitrogens with zero attached hydrogens (tertiary/aromatic N) is 1. The predicted molar refractivity (Wildman–Crippen MR) is 41.9 cm³/mol. The number of amides is 1. The Bertz CT molecular complexity index is 196. The van der Waals surface area contributed by atoms with E-state index in [-0.39, 0.29) is 11.9 Å². The summed E-state index contributed by atoms with van der Waals surface area (Å²) < 4.78 is 4.96. The quantitative estimate of drug-likeness (QED) is 0.589. The van der Waals surface area contributed by atoms with Crippen LogP contribution in [0.3, 0.4) is 0 Å². The Morgan fingerprint density at radius 1 is 1.64 bits per heavy atom. The van der Waals surface area contributed by atoms with Crippen LogP contribution < -0.4 is 0 Å². The molecular formula is C8H13NO2. The fraction of sp³-hybridized carbons (Fsp3) is 0.625. The molecule has 0 aromatic heterocycles. The van der Waals surface area contributed by atoms with E-state index in [9.17, 15) is 4.79 Å². The van der Waals surface area contributed by atoms with Gasteiger partial charge in [-0.25, -0.2) is 0 Å². The Morgan fingerprint density at radius 2 is 2.27 bits per heavy atom. The lowest BCUT2D eigenvalue weighted by Gasteiger charge is -2.20. The van der Waals surface area contributed by atoms with Crippen LogP contribution in [-0.2, 0) is 9.53 Å². The third-order valence-corrected chi connectivity index (χ3v) is 1.78. The average molecular weight is 155 g/mol. The third kappa shape index (κ3) is 1.53. The molecule has 1 amide bonds. The predicted octanol–water partition coefficient (Wildman–Crippen LogP) is 0.767. The second-order valence-electron chi connectivity index (χ2n) is 2.87. The summed E-state index contributed by atoms with van der Waals surface area (Å²) in [6, 6.07) is 0.256. The molecule has 0 unspecified atom stereocenters. The van der Waals surface area contributed by atoms with E-state index in [4.69, 9.17) is 4.74 Å². The molecule has 0 fully saturated rings. The monoisotopic (exact) mass is 155 g/mol. The summed E-state index contributed by atoms with van der Waals surface area (Å²) in [5.74, 6) is 0.806. The van der Waals surface area contributed by atoms with Gasteiger partial charge in [0.1, 0.15) is 5.76 Å². The molecule has 1 heterocycles. The molecule has 62 valence electrons. The maximum Gasteiger partial charge on any atom is 0.250 e. The molecule has 0 saturated carbocycles. The number of ether oxygens (including phenoxy) is 1. The number of hydrogen-bond acceptors (Lipinski definition) is 2. The Morgan fingerprint density at radius 3 is 2.55 bits per heavy atom. The molecule has 0 N–H and O–H groups in total. The van der Waals surface area contributed by atoms with Crippen molar-refractivity contribution in [3.8, 4) is 0 Å². The van der Waals surface area contributed by atoms with Gasteiger partial charge in [0.15, 0.2) is 0 Å². The molecule has 0 aromatic rings. The lowest BCUT2D eigenvalue weighted by molar-refractivity contribution is -0.126. The van der Waals surface area contributed by atoms with Crippen LogP contribution in [-0.4, -0.2) is 30.5 Å². The van der Waals surface area contributed by atoms with Gasteiger partial charge in [-0.15, -0.1) is 0 Å². The van der Waals surface area contributed by atoms with Crippen LogP contribution in [0.5, 0.6) is 0 Å². The summed E-state index contributed by atoms with van der Waals surface area (Å²) >= 11 is 0. The Labute approximate surface area is 66.6 Å². The second kappa shape index (κ2) is 2.95. The maximum absolute atomic E-state index is 11.2. The fourth-order valence-electron chi connectivity index (χ4n) is 1.07. The largest absolute Gasteiger partial charge is 0.499 e.